The molecule has 0 spiro atoms. The highest BCUT2D eigenvalue weighted by molar-refractivity contribution is 6.14. The first kappa shape index (κ1) is 35.5. The molecule has 0 aliphatic carbocycles. The van der Waals surface area contributed by atoms with Gasteiger partial charge in [0.2, 0.25) is 12.0 Å². The van der Waals surface area contributed by atoms with Gasteiger partial charge < -0.3 is 59.6 Å². The second kappa shape index (κ2) is 14.9. The Labute approximate surface area is 291 Å². The fourth-order valence-electron chi connectivity index (χ4n) is 5.92. The maximum Gasteiger partial charge on any atom is 0.336 e. The highest BCUT2D eigenvalue weighted by atomic mass is 16.7. The summed E-state index contributed by atoms with van der Waals surface area (Å²) in [7, 11) is 1.68. The monoisotopic (exact) mass is 707 g/mol. The van der Waals surface area contributed by atoms with Gasteiger partial charge in [0.15, 0.2) is 17.6 Å². The molecule has 0 radical (unpaired) electrons. The molecule has 6 rings (SSSR count). The molecule has 51 heavy (non-hydrogen) atoms. The van der Waals surface area contributed by atoms with Crippen molar-refractivity contribution in [3.8, 4) is 28.7 Å². The minimum Gasteiger partial charge on any atom is -0.507 e. The van der Waals surface area contributed by atoms with Gasteiger partial charge in [0.25, 0.3) is 0 Å². The number of hydrogen-bond donors (Lipinski definition) is 8. The van der Waals surface area contributed by atoms with E-state index in [-0.39, 0.29) is 53.3 Å². The summed E-state index contributed by atoms with van der Waals surface area (Å²) in [5.41, 5.74) is -0.972. The zero-order valence-corrected chi connectivity index (χ0v) is 27.3. The van der Waals surface area contributed by atoms with Crippen molar-refractivity contribution in [1.29, 1.82) is 5.41 Å². The number of aliphatic hydroxyl groups is 4. The van der Waals surface area contributed by atoms with Gasteiger partial charge in [-0.3, -0.25) is 10.4 Å². The first-order chi connectivity index (χ1) is 24.5. The quantitative estimate of drug-likeness (QED) is 0.129. The molecule has 6 atom stereocenters. The zero-order valence-electron chi connectivity index (χ0n) is 27.3. The second-order valence-corrected chi connectivity index (χ2v) is 12.1. The Kier molecular flexibility index (Phi) is 10.4. The van der Waals surface area contributed by atoms with Crippen LogP contribution >= 0.6 is 0 Å². The zero-order chi connectivity index (χ0) is 36.3. The summed E-state index contributed by atoms with van der Waals surface area (Å²) in [5.74, 6) is -2.42. The van der Waals surface area contributed by atoms with Crippen molar-refractivity contribution in [3.63, 3.8) is 0 Å². The molecule has 17 heteroatoms. The van der Waals surface area contributed by atoms with Crippen molar-refractivity contribution < 1.29 is 59.1 Å². The van der Waals surface area contributed by atoms with E-state index in [1.807, 2.05) is 0 Å². The van der Waals surface area contributed by atoms with Crippen LogP contribution in [0.25, 0.3) is 5.76 Å². The summed E-state index contributed by atoms with van der Waals surface area (Å²) in [5, 5.41) is 76.2. The molecule has 0 amide bonds. The van der Waals surface area contributed by atoms with Crippen molar-refractivity contribution in [1.82, 2.24) is 5.32 Å². The van der Waals surface area contributed by atoms with E-state index in [0.29, 0.717) is 30.9 Å². The molecule has 270 valence electrons. The van der Waals surface area contributed by atoms with Gasteiger partial charge in [-0.05, 0) is 36.9 Å². The van der Waals surface area contributed by atoms with Gasteiger partial charge in [-0.2, -0.15) is 0 Å². The highest BCUT2D eigenvalue weighted by Gasteiger charge is 2.59. The SMILES string of the molecule is CNCCOc1c(O[C@@H]2O[C@H](C(=O)O)[C@](O)(CC3=NC=NC3)[C@@H](O)[C@H]2O)cc2c(c1O)C(O)=CC(c1ccc(OCCC3=NC(=N)C=C3)cc1)O2. The maximum absolute atomic E-state index is 12.3. The largest absolute Gasteiger partial charge is 0.507 e. The molecule has 0 aromatic heterocycles. The van der Waals surface area contributed by atoms with E-state index in [4.69, 9.17) is 29.1 Å². The topological polar surface area (TPSA) is 258 Å². The molecule has 0 bridgehead atoms. The van der Waals surface area contributed by atoms with E-state index in [1.165, 1.54) is 18.5 Å². The number of rotatable bonds is 14. The molecule has 8 N–H and O–H groups in total. The first-order valence-corrected chi connectivity index (χ1v) is 16.0. The van der Waals surface area contributed by atoms with E-state index in [2.05, 4.69) is 20.3 Å². The van der Waals surface area contributed by atoms with Crippen LogP contribution in [-0.4, -0.2) is 124 Å². The second-order valence-electron chi connectivity index (χ2n) is 12.1. The average Bonchev–Trinajstić information content (AvgIpc) is 3.77. The minimum atomic E-state index is -2.50. The lowest BCUT2D eigenvalue weighted by molar-refractivity contribution is -0.303. The van der Waals surface area contributed by atoms with Gasteiger partial charge in [0, 0.05) is 43.0 Å². The molecule has 1 unspecified atom stereocenters. The molecule has 0 saturated carbocycles. The number of ether oxygens (including phenoxy) is 5. The number of aliphatic imine (C=N–C) groups is 3. The summed E-state index contributed by atoms with van der Waals surface area (Å²) in [4.78, 5) is 24.2. The molecule has 2 aromatic carbocycles. The fraction of sp³-hybridized carbons (Fsp3) is 0.382. The number of phenols is 1. The predicted octanol–water partition coefficient (Wildman–Crippen LogP) is 1.29. The number of phenolic OH excluding ortho intramolecular Hbond substituents is 1. The highest BCUT2D eigenvalue weighted by Crippen LogP contribution is 2.51. The maximum atomic E-state index is 12.3. The fourth-order valence-corrected chi connectivity index (χ4v) is 5.92. The first-order valence-electron chi connectivity index (χ1n) is 16.0. The third-order valence-corrected chi connectivity index (χ3v) is 8.52. The van der Waals surface area contributed by atoms with Crippen molar-refractivity contribution in [2.75, 3.05) is 33.4 Å². The van der Waals surface area contributed by atoms with Gasteiger partial charge in [-0.1, -0.05) is 12.1 Å². The Hall–Kier alpha value is -5.33. The molecule has 4 aliphatic rings. The number of aliphatic carboxylic acids is 1. The number of nitrogens with zero attached hydrogens (tertiary/aromatic N) is 3. The summed E-state index contributed by atoms with van der Waals surface area (Å²) in [6.07, 6.45) is -2.81. The van der Waals surface area contributed by atoms with Crippen LogP contribution in [0.2, 0.25) is 0 Å². The molecule has 17 nitrogen and oxygen atoms in total. The van der Waals surface area contributed by atoms with Gasteiger partial charge in [-0.15, -0.1) is 0 Å². The third kappa shape index (κ3) is 7.42. The number of aromatic hydroxyl groups is 1. The van der Waals surface area contributed by atoms with Crippen molar-refractivity contribution in [2.24, 2.45) is 15.0 Å². The number of likely N-dealkylation sites (N-methyl/N-ethyl adjacent to an activating group) is 1. The Morgan fingerprint density at radius 3 is 2.59 bits per heavy atom. The number of carboxylic acid groups (broad SMARTS) is 1. The van der Waals surface area contributed by atoms with Crippen molar-refractivity contribution >= 4 is 35.3 Å². The number of aliphatic hydroxyl groups excluding tert-OH is 3. The number of allylic oxidation sites excluding steroid dienone is 1. The average molecular weight is 708 g/mol. The van der Waals surface area contributed by atoms with E-state index < -0.39 is 54.4 Å². The van der Waals surface area contributed by atoms with Crippen LogP contribution in [0.5, 0.6) is 28.7 Å². The summed E-state index contributed by atoms with van der Waals surface area (Å²) >= 11 is 0. The molecule has 1 fully saturated rings. The molecule has 2 aromatic rings. The van der Waals surface area contributed by atoms with Gasteiger partial charge >= 0.3 is 5.97 Å². The smallest absolute Gasteiger partial charge is 0.336 e. The number of nitrogens with one attached hydrogen (secondary N) is 2. The number of benzene rings is 2. The lowest BCUT2D eigenvalue weighted by Crippen LogP contribution is -2.69. The van der Waals surface area contributed by atoms with Gasteiger partial charge in [0.05, 0.1) is 13.2 Å². The molecular formula is C34H37N5O12. The van der Waals surface area contributed by atoms with E-state index >= 15 is 0 Å². The minimum absolute atomic E-state index is 0.00843. The van der Waals surface area contributed by atoms with Crippen LogP contribution < -0.4 is 24.3 Å². The van der Waals surface area contributed by atoms with Crippen LogP contribution in [0, 0.1) is 5.41 Å². The van der Waals surface area contributed by atoms with Crippen molar-refractivity contribution in [2.45, 2.75) is 49.1 Å². The van der Waals surface area contributed by atoms with Crippen LogP contribution in [-0.2, 0) is 9.53 Å². The number of carbonyl (C=O) groups is 1. The number of hydrogen-bond acceptors (Lipinski definition) is 15. The molecule has 4 heterocycles. The van der Waals surface area contributed by atoms with Gasteiger partial charge in [0.1, 0.15) is 65.5 Å². The normalized spacial score (nSPS) is 26.5. The molecular weight excluding hydrogens is 670 g/mol. The lowest BCUT2D eigenvalue weighted by atomic mass is 9.80. The number of fused-ring (bicyclic) bond motifs is 1. The summed E-state index contributed by atoms with van der Waals surface area (Å²) in [6, 6.07) is 8.17. The van der Waals surface area contributed by atoms with Crippen LogP contribution in [0.15, 0.2) is 63.5 Å². The molecule has 4 aliphatic heterocycles. The molecule has 1 saturated heterocycles. The van der Waals surface area contributed by atoms with E-state index in [0.717, 1.165) is 5.71 Å². The predicted molar refractivity (Wildman–Crippen MR) is 182 cm³/mol. The van der Waals surface area contributed by atoms with Crippen LogP contribution in [0.3, 0.4) is 0 Å². The van der Waals surface area contributed by atoms with E-state index in [9.17, 15) is 35.4 Å². The van der Waals surface area contributed by atoms with Crippen LogP contribution in [0.4, 0.5) is 0 Å². The van der Waals surface area contributed by atoms with Crippen molar-refractivity contribution in [3.05, 3.63) is 59.7 Å². The Morgan fingerprint density at radius 1 is 1.14 bits per heavy atom. The van der Waals surface area contributed by atoms with Crippen LogP contribution in [0.1, 0.15) is 30.1 Å². The summed E-state index contributed by atoms with van der Waals surface area (Å²) in [6.45, 7) is 0.753. The lowest BCUT2D eigenvalue weighted by Gasteiger charge is -2.46. The standard InChI is InChI=1S/C34H37N5O12/c1-36-9-11-48-29-24(50-33-28(42)30(43)34(46,31(51-33)32(44)45)14-19-15-37-16-38-19)13-23-26(27(29)41)21(40)12-22(49-23)17-2-5-20(6-3-17)47-10-8-18-4-7-25(35)39-18/h2-7,12-13,16,22,28,30-31,33,35-36,40-43,46H,8-11,14-15H2,1H3,(H,44,45)/t22?,28-,30+,31-,33-,34+/m1/s1. The third-order valence-electron chi connectivity index (χ3n) is 8.52. The Bertz CT molecular complexity index is 1820. The van der Waals surface area contributed by atoms with Gasteiger partial charge in [-0.25, -0.2) is 14.8 Å². The van der Waals surface area contributed by atoms with E-state index in [1.54, 1.807) is 43.5 Å². The number of carboxylic acids is 1. The summed E-state index contributed by atoms with van der Waals surface area (Å²) < 4.78 is 29.1. The Morgan fingerprint density at radius 2 is 1.92 bits per heavy atom. The number of amidine groups is 1. The Balaban J connectivity index is 1.23.